The number of Topliss-reactive ketones (excluding diaryl/α,β-unsaturated/α-hetero) is 1. The highest BCUT2D eigenvalue weighted by Crippen LogP contribution is 2.21. The van der Waals surface area contributed by atoms with Gasteiger partial charge in [0.15, 0.2) is 11.5 Å². The summed E-state index contributed by atoms with van der Waals surface area (Å²) in [5.41, 5.74) is 3.58. The third-order valence-corrected chi connectivity index (χ3v) is 5.01. The molecule has 0 bridgehead atoms. The molecule has 3 aromatic rings. The number of aliphatic hydroxyl groups is 1. The average molecular weight is 447 g/mol. The van der Waals surface area contributed by atoms with Gasteiger partial charge in [-0.1, -0.05) is 54.1 Å². The molecule has 8 heteroatoms. The number of hydrogen-bond acceptors (Lipinski definition) is 5. The number of ketones is 1. The fraction of sp³-hybridized carbons (Fsp3) is 0.160. The molecule has 0 saturated heterocycles. The fourth-order valence-corrected chi connectivity index (χ4v) is 3.46. The first kappa shape index (κ1) is 23.5. The van der Waals surface area contributed by atoms with Crippen molar-refractivity contribution in [2.75, 3.05) is 0 Å². The summed E-state index contributed by atoms with van der Waals surface area (Å²) in [6, 6.07) is 15.5. The minimum Gasteiger partial charge on any atom is -0.502 e. The molecule has 0 aliphatic rings. The van der Waals surface area contributed by atoms with E-state index in [1.165, 1.54) is 11.6 Å². The number of fused-ring (bicyclic) bond motifs is 1. The minimum atomic E-state index is -1.24. The Morgan fingerprint density at radius 3 is 2.33 bits per heavy atom. The van der Waals surface area contributed by atoms with Crippen LogP contribution in [0.2, 0.25) is 0 Å². The van der Waals surface area contributed by atoms with Crippen LogP contribution < -0.4 is 10.8 Å². The Hall–Kier alpha value is -4.17. The van der Waals surface area contributed by atoms with E-state index in [0.29, 0.717) is 11.1 Å². The van der Waals surface area contributed by atoms with Gasteiger partial charge in [-0.05, 0) is 31.6 Å². The number of aliphatic hydroxyl groups excluding tert-OH is 1. The second kappa shape index (κ2) is 10.4. The predicted molar refractivity (Wildman–Crippen MR) is 124 cm³/mol. The fourth-order valence-electron chi connectivity index (χ4n) is 3.46. The molecule has 0 spiro atoms. The molecule has 0 fully saturated rings. The van der Waals surface area contributed by atoms with Crippen molar-refractivity contribution in [1.29, 1.82) is 0 Å². The van der Waals surface area contributed by atoms with Gasteiger partial charge in [0.2, 0.25) is 0 Å². The number of allylic oxidation sites excluding steroid dienone is 1. The molecule has 8 nitrogen and oxygen atoms in total. The van der Waals surface area contributed by atoms with Crippen LogP contribution in [0.15, 0.2) is 83.8 Å². The summed E-state index contributed by atoms with van der Waals surface area (Å²) in [5, 5.41) is 22.4. The zero-order valence-corrected chi connectivity index (χ0v) is 18.3. The summed E-state index contributed by atoms with van der Waals surface area (Å²) in [6.45, 7) is 3.35. The second-order valence-corrected chi connectivity index (χ2v) is 7.75. The van der Waals surface area contributed by atoms with Gasteiger partial charge in [0.05, 0.1) is 11.6 Å². The maximum atomic E-state index is 13.5. The Morgan fingerprint density at radius 1 is 1.00 bits per heavy atom. The Balaban J connectivity index is 2.00. The Labute approximate surface area is 190 Å². The van der Waals surface area contributed by atoms with E-state index in [4.69, 9.17) is 5.21 Å². The number of H-pyrrole nitrogens is 1. The van der Waals surface area contributed by atoms with Crippen molar-refractivity contribution in [3.05, 3.63) is 94.9 Å². The highest BCUT2D eigenvalue weighted by molar-refractivity contribution is 6.13. The molecule has 2 amide bonds. The van der Waals surface area contributed by atoms with Gasteiger partial charge in [0.25, 0.3) is 5.91 Å². The summed E-state index contributed by atoms with van der Waals surface area (Å²) < 4.78 is 0. The number of para-hydroxylation sites is 1. The summed E-state index contributed by atoms with van der Waals surface area (Å²) in [6.07, 6.45) is 3.09. The summed E-state index contributed by atoms with van der Waals surface area (Å²) >= 11 is 0. The molecule has 3 rings (SSSR count). The largest absolute Gasteiger partial charge is 0.502 e. The lowest BCUT2D eigenvalue weighted by atomic mass is 9.96. The molecule has 170 valence electrons. The van der Waals surface area contributed by atoms with E-state index < -0.39 is 23.6 Å². The maximum Gasteiger partial charge on any atom is 0.310 e. The van der Waals surface area contributed by atoms with Gasteiger partial charge < -0.3 is 15.4 Å². The number of amides is 2. The quantitative estimate of drug-likeness (QED) is 0.0902. The van der Waals surface area contributed by atoms with E-state index in [1.54, 1.807) is 20.0 Å². The molecule has 1 heterocycles. The van der Waals surface area contributed by atoms with Gasteiger partial charge >= 0.3 is 5.91 Å². The van der Waals surface area contributed by atoms with Gasteiger partial charge in [-0.25, -0.2) is 5.48 Å². The summed E-state index contributed by atoms with van der Waals surface area (Å²) in [5.74, 6) is -3.35. The van der Waals surface area contributed by atoms with Crippen molar-refractivity contribution in [2.24, 2.45) is 0 Å². The number of aromatic nitrogens is 1. The predicted octanol–water partition coefficient (Wildman–Crippen LogP) is 3.36. The number of nitrogens with one attached hydrogen (secondary N) is 3. The highest BCUT2D eigenvalue weighted by Gasteiger charge is 2.27. The van der Waals surface area contributed by atoms with Crippen molar-refractivity contribution < 1.29 is 24.7 Å². The van der Waals surface area contributed by atoms with E-state index in [-0.39, 0.29) is 17.8 Å². The van der Waals surface area contributed by atoms with Crippen LogP contribution in [0.3, 0.4) is 0 Å². The van der Waals surface area contributed by atoms with Gasteiger partial charge in [-0.15, -0.1) is 0 Å². The number of benzene rings is 2. The number of carbonyl (C=O) groups is 3. The first-order valence-corrected chi connectivity index (χ1v) is 10.3. The molecule has 5 N–H and O–H groups in total. The molecule has 1 unspecified atom stereocenters. The van der Waals surface area contributed by atoms with Crippen LogP contribution in [-0.4, -0.2) is 38.9 Å². The van der Waals surface area contributed by atoms with Crippen LogP contribution in [0.25, 0.3) is 10.9 Å². The summed E-state index contributed by atoms with van der Waals surface area (Å²) in [4.78, 5) is 41.4. The Bertz CT molecular complexity index is 1240. The SMILES string of the molecule is CC(C)=C/C(C(=O)NC(Cc1ccccc1)C(=O)c1c[nH]c2ccccc12)=C(/O)C(=O)NO. The molecule has 2 aromatic carbocycles. The van der Waals surface area contributed by atoms with Crippen molar-refractivity contribution >= 4 is 28.5 Å². The summed E-state index contributed by atoms with van der Waals surface area (Å²) in [7, 11) is 0. The van der Waals surface area contributed by atoms with E-state index in [9.17, 15) is 19.5 Å². The topological polar surface area (TPSA) is 132 Å². The number of hydrogen-bond donors (Lipinski definition) is 5. The Morgan fingerprint density at radius 2 is 1.67 bits per heavy atom. The maximum absolute atomic E-state index is 13.5. The zero-order valence-electron chi connectivity index (χ0n) is 18.3. The second-order valence-electron chi connectivity index (χ2n) is 7.75. The van der Waals surface area contributed by atoms with Gasteiger partial charge in [-0.2, -0.15) is 0 Å². The molecule has 1 aromatic heterocycles. The first-order valence-electron chi connectivity index (χ1n) is 10.3. The normalized spacial score (nSPS) is 12.5. The third kappa shape index (κ3) is 5.55. The van der Waals surface area contributed by atoms with E-state index in [0.717, 1.165) is 16.5 Å². The minimum absolute atomic E-state index is 0.194. The van der Waals surface area contributed by atoms with E-state index in [2.05, 4.69) is 10.3 Å². The van der Waals surface area contributed by atoms with Crippen LogP contribution >= 0.6 is 0 Å². The lowest BCUT2D eigenvalue weighted by Crippen LogP contribution is -2.43. The van der Waals surface area contributed by atoms with Crippen molar-refractivity contribution in [3.8, 4) is 0 Å². The van der Waals surface area contributed by atoms with Crippen LogP contribution in [-0.2, 0) is 16.0 Å². The third-order valence-electron chi connectivity index (χ3n) is 5.01. The monoisotopic (exact) mass is 447 g/mol. The molecule has 0 radical (unpaired) electrons. The zero-order chi connectivity index (χ0) is 24.0. The van der Waals surface area contributed by atoms with Gasteiger partial charge in [-0.3, -0.25) is 19.6 Å². The van der Waals surface area contributed by atoms with Crippen LogP contribution in [0.4, 0.5) is 0 Å². The van der Waals surface area contributed by atoms with Crippen molar-refractivity contribution in [2.45, 2.75) is 26.3 Å². The number of carbonyl (C=O) groups excluding carboxylic acids is 3. The lowest BCUT2D eigenvalue weighted by Gasteiger charge is -2.19. The number of hydroxylamine groups is 1. The van der Waals surface area contributed by atoms with Crippen molar-refractivity contribution in [1.82, 2.24) is 15.8 Å². The first-order chi connectivity index (χ1) is 15.8. The molecular weight excluding hydrogens is 422 g/mol. The van der Waals surface area contributed by atoms with Crippen LogP contribution in [0.5, 0.6) is 0 Å². The molecule has 0 aliphatic carbocycles. The van der Waals surface area contributed by atoms with Crippen LogP contribution in [0, 0.1) is 0 Å². The van der Waals surface area contributed by atoms with Gasteiger partial charge in [0.1, 0.15) is 0 Å². The van der Waals surface area contributed by atoms with Crippen molar-refractivity contribution in [3.63, 3.8) is 0 Å². The lowest BCUT2D eigenvalue weighted by molar-refractivity contribution is -0.128. The molecule has 0 aliphatic heterocycles. The van der Waals surface area contributed by atoms with Gasteiger partial charge in [0, 0.05) is 29.1 Å². The molecule has 1 atom stereocenters. The smallest absolute Gasteiger partial charge is 0.310 e. The molecule has 0 saturated carbocycles. The molecular formula is C25H25N3O5. The van der Waals surface area contributed by atoms with E-state index >= 15 is 0 Å². The van der Waals surface area contributed by atoms with E-state index in [1.807, 2.05) is 54.6 Å². The number of aromatic amines is 1. The number of rotatable bonds is 8. The molecule has 33 heavy (non-hydrogen) atoms. The standard InChI is InChI=1S/C25H25N3O5/c1-15(2)12-18(23(30)25(32)28-33)24(31)27-21(13-16-8-4-3-5-9-16)22(29)19-14-26-20-11-7-6-10-17(19)20/h3-12,14,21,26,30,33H,13H2,1-2H3,(H,27,31)(H,28,32)/b23-18-. The Kier molecular flexibility index (Phi) is 7.42. The average Bonchev–Trinajstić information content (AvgIpc) is 3.25. The highest BCUT2D eigenvalue weighted by atomic mass is 16.5. The van der Waals surface area contributed by atoms with Crippen LogP contribution in [0.1, 0.15) is 29.8 Å².